The van der Waals surface area contributed by atoms with Crippen molar-refractivity contribution in [3.05, 3.63) is 35.9 Å². The third-order valence-electron chi connectivity index (χ3n) is 8.91. The number of benzene rings is 1. The van der Waals surface area contributed by atoms with Gasteiger partial charge in [-0.15, -0.1) is 0 Å². The Bertz CT molecular complexity index is 1100. The van der Waals surface area contributed by atoms with Crippen LogP contribution in [-0.2, 0) is 14.2 Å². The second-order valence-corrected chi connectivity index (χ2v) is 11.8. The minimum atomic E-state index is -0.0944. The summed E-state index contributed by atoms with van der Waals surface area (Å²) < 4.78 is 16.8. The second kappa shape index (κ2) is 13.8. The predicted octanol–water partition coefficient (Wildman–Crippen LogP) is 2.82. The monoisotopic (exact) mass is 565 g/mol. The fourth-order valence-corrected chi connectivity index (χ4v) is 7.21. The molecule has 2 aromatic rings. The summed E-state index contributed by atoms with van der Waals surface area (Å²) in [4.78, 5) is 28.6. The molecule has 1 aromatic carbocycles. The smallest absolute Gasteiger partial charge is 0.251 e. The lowest BCUT2D eigenvalue weighted by Crippen LogP contribution is -2.51. The molecule has 1 aromatic heterocycles. The van der Waals surface area contributed by atoms with Crippen LogP contribution in [0.25, 0.3) is 0 Å². The number of amides is 1. The zero-order valence-electron chi connectivity index (χ0n) is 23.8. The Labute approximate surface area is 242 Å². The van der Waals surface area contributed by atoms with E-state index in [9.17, 15) is 4.79 Å². The summed E-state index contributed by atoms with van der Waals surface area (Å²) in [6.45, 7) is 5.85. The van der Waals surface area contributed by atoms with E-state index in [2.05, 4.69) is 20.9 Å². The van der Waals surface area contributed by atoms with Gasteiger partial charge < -0.3 is 35.1 Å². The van der Waals surface area contributed by atoms with Crippen LogP contribution in [0.2, 0.25) is 0 Å². The van der Waals surface area contributed by atoms with E-state index in [0.717, 1.165) is 36.8 Å². The van der Waals surface area contributed by atoms with Crippen LogP contribution in [-0.4, -0.2) is 92.7 Å². The first-order valence-electron chi connectivity index (χ1n) is 15.3. The number of nitrogens with one attached hydrogen (secondary N) is 3. The van der Waals surface area contributed by atoms with Crippen LogP contribution in [0.5, 0.6) is 0 Å². The third kappa shape index (κ3) is 7.44. The number of carbonyl (C=O) groups is 1. The fourth-order valence-electron chi connectivity index (χ4n) is 7.21. The van der Waals surface area contributed by atoms with E-state index >= 15 is 0 Å². The van der Waals surface area contributed by atoms with Gasteiger partial charge in [0.05, 0.1) is 39.6 Å². The maximum absolute atomic E-state index is 12.0. The van der Waals surface area contributed by atoms with Gasteiger partial charge in [-0.3, -0.25) is 4.79 Å². The first-order chi connectivity index (χ1) is 20.2. The van der Waals surface area contributed by atoms with E-state index < -0.39 is 0 Å². The number of hydrogen-bond acceptors (Lipinski definition) is 10. The summed E-state index contributed by atoms with van der Waals surface area (Å²) in [7, 11) is 0. The molecule has 4 saturated carbocycles. The lowest BCUT2D eigenvalue weighted by atomic mass is 9.54. The number of anilines is 3. The van der Waals surface area contributed by atoms with Gasteiger partial charge in [-0.2, -0.15) is 15.0 Å². The minimum absolute atomic E-state index is 0.0944. The Kier molecular flexibility index (Phi) is 9.44. The van der Waals surface area contributed by atoms with E-state index in [-0.39, 0.29) is 5.91 Å². The van der Waals surface area contributed by atoms with Gasteiger partial charge in [0.15, 0.2) is 0 Å². The predicted molar refractivity (Wildman–Crippen MR) is 156 cm³/mol. The van der Waals surface area contributed by atoms with Crippen molar-refractivity contribution in [3.63, 3.8) is 0 Å². The van der Waals surface area contributed by atoms with Crippen LogP contribution in [0.3, 0.4) is 0 Å². The average molecular weight is 566 g/mol. The van der Waals surface area contributed by atoms with Crippen LogP contribution in [0.4, 0.5) is 17.8 Å². The van der Waals surface area contributed by atoms with E-state index in [0.29, 0.717) is 82.2 Å². The normalized spacial score (nSPS) is 26.6. The highest BCUT2D eigenvalue weighted by molar-refractivity contribution is 5.94. The van der Waals surface area contributed by atoms with Crippen LogP contribution in [0.1, 0.15) is 42.5 Å². The number of ether oxygens (including phenoxy) is 3. The molecule has 1 aliphatic heterocycles. The highest BCUT2D eigenvalue weighted by atomic mass is 16.5. The van der Waals surface area contributed by atoms with Gasteiger partial charge in [0, 0.05) is 37.8 Å². The molecule has 0 radical (unpaired) electrons. The summed E-state index contributed by atoms with van der Waals surface area (Å²) in [6, 6.07) is 9.63. The Hall–Kier alpha value is -3.02. The van der Waals surface area contributed by atoms with E-state index in [4.69, 9.17) is 29.2 Å². The SMILES string of the molecule is O=C(NCCOCCOCCNc1nc(NC2C3CC4CC(C3)CC2C4)nc(N2CCOCC2)n1)c1ccccc1. The van der Waals surface area contributed by atoms with Crippen LogP contribution < -0.4 is 20.9 Å². The number of carbonyl (C=O) groups excluding carboxylic acids is 1. The van der Waals surface area contributed by atoms with E-state index in [1.54, 1.807) is 12.1 Å². The summed E-state index contributed by atoms with van der Waals surface area (Å²) >= 11 is 0. The largest absolute Gasteiger partial charge is 0.378 e. The van der Waals surface area contributed by atoms with Crippen molar-refractivity contribution >= 4 is 23.8 Å². The van der Waals surface area contributed by atoms with Gasteiger partial charge in [0.1, 0.15) is 0 Å². The van der Waals surface area contributed by atoms with Crippen LogP contribution in [0, 0.1) is 23.7 Å². The standard InChI is InChI=1S/C30H43N7O4/c38-27(23-4-2-1-3-5-23)31-6-10-39-14-15-40-11-7-32-28-34-29(36-30(35-28)37-8-12-41-13-9-37)33-26-24-17-21-16-22(19-24)20-25(26)18-21/h1-5,21-22,24-26H,6-20H2,(H,31,38)(H2,32,33,34,35,36). The molecule has 11 nitrogen and oxygen atoms in total. The summed E-state index contributed by atoms with van der Waals surface area (Å²) in [6.07, 6.45) is 6.84. The number of rotatable bonds is 14. The maximum atomic E-state index is 12.0. The van der Waals surface area contributed by atoms with Crippen molar-refractivity contribution < 1.29 is 19.0 Å². The summed E-state index contributed by atoms with van der Waals surface area (Å²) in [5.41, 5.74) is 0.648. The van der Waals surface area contributed by atoms with Gasteiger partial charge in [-0.05, 0) is 67.9 Å². The van der Waals surface area contributed by atoms with Gasteiger partial charge in [-0.1, -0.05) is 18.2 Å². The third-order valence-corrected chi connectivity index (χ3v) is 8.91. The van der Waals surface area contributed by atoms with Crippen molar-refractivity contribution in [3.8, 4) is 0 Å². The van der Waals surface area contributed by atoms with Gasteiger partial charge in [0.2, 0.25) is 17.8 Å². The molecule has 41 heavy (non-hydrogen) atoms. The topological polar surface area (TPSA) is 123 Å². The van der Waals surface area contributed by atoms with Crippen molar-refractivity contribution in [2.24, 2.45) is 23.7 Å². The number of aromatic nitrogens is 3. The van der Waals surface area contributed by atoms with E-state index in [1.807, 2.05) is 18.2 Å². The molecule has 0 atom stereocenters. The van der Waals surface area contributed by atoms with Gasteiger partial charge in [-0.25, -0.2) is 0 Å². The Morgan fingerprint density at radius 3 is 2.20 bits per heavy atom. The van der Waals surface area contributed by atoms with Crippen LogP contribution in [0.15, 0.2) is 30.3 Å². The zero-order valence-corrected chi connectivity index (χ0v) is 23.8. The highest BCUT2D eigenvalue weighted by Gasteiger charge is 2.48. The Morgan fingerprint density at radius 1 is 0.829 bits per heavy atom. The van der Waals surface area contributed by atoms with Crippen LogP contribution >= 0.6 is 0 Å². The number of morpholine rings is 1. The fraction of sp³-hybridized carbons (Fsp3) is 0.667. The molecule has 222 valence electrons. The second-order valence-electron chi connectivity index (χ2n) is 11.8. The van der Waals surface area contributed by atoms with Crippen molar-refractivity contribution in [1.29, 1.82) is 0 Å². The molecule has 4 bridgehead atoms. The van der Waals surface area contributed by atoms with Crippen molar-refractivity contribution in [2.45, 2.75) is 38.1 Å². The van der Waals surface area contributed by atoms with E-state index in [1.165, 1.54) is 32.1 Å². The molecule has 0 unspecified atom stereocenters. The molecular formula is C30H43N7O4. The quantitative estimate of drug-likeness (QED) is 0.295. The molecular weight excluding hydrogens is 522 g/mol. The highest BCUT2D eigenvalue weighted by Crippen LogP contribution is 2.54. The number of hydrogen-bond donors (Lipinski definition) is 3. The van der Waals surface area contributed by atoms with Gasteiger partial charge in [0.25, 0.3) is 5.91 Å². The summed E-state index contributed by atoms with van der Waals surface area (Å²) in [5, 5.41) is 9.95. The molecule has 1 amide bonds. The molecule has 7 rings (SSSR count). The van der Waals surface area contributed by atoms with Crippen molar-refractivity contribution in [1.82, 2.24) is 20.3 Å². The molecule has 5 aliphatic rings. The molecule has 11 heteroatoms. The Morgan fingerprint density at radius 2 is 1.49 bits per heavy atom. The Balaban J connectivity index is 0.935. The summed E-state index contributed by atoms with van der Waals surface area (Å²) in [5.74, 6) is 5.19. The van der Waals surface area contributed by atoms with Gasteiger partial charge >= 0.3 is 0 Å². The zero-order chi connectivity index (χ0) is 27.9. The molecule has 5 fully saturated rings. The first kappa shape index (κ1) is 28.1. The maximum Gasteiger partial charge on any atom is 0.251 e. The number of nitrogens with zero attached hydrogens (tertiary/aromatic N) is 4. The molecule has 3 N–H and O–H groups in total. The molecule has 1 saturated heterocycles. The first-order valence-corrected chi connectivity index (χ1v) is 15.3. The average Bonchev–Trinajstić information content (AvgIpc) is 3.00. The minimum Gasteiger partial charge on any atom is -0.378 e. The molecule has 4 aliphatic carbocycles. The molecule has 0 spiro atoms. The molecule has 2 heterocycles. The van der Waals surface area contributed by atoms with Crippen molar-refractivity contribution in [2.75, 3.05) is 81.4 Å². The lowest BCUT2D eigenvalue weighted by Gasteiger charge is -2.54. The lowest BCUT2D eigenvalue weighted by molar-refractivity contribution is 0.00728.